The Morgan fingerprint density at radius 1 is 1.23 bits per heavy atom. The highest BCUT2D eigenvalue weighted by molar-refractivity contribution is 8.18. The summed E-state index contributed by atoms with van der Waals surface area (Å²) in [4.78, 5) is 28.1. The van der Waals surface area contributed by atoms with Crippen LogP contribution < -0.4 is 24.6 Å². The van der Waals surface area contributed by atoms with E-state index in [1.54, 1.807) is 24.3 Å². The van der Waals surface area contributed by atoms with Gasteiger partial charge in [0.2, 0.25) is 0 Å². The van der Waals surface area contributed by atoms with E-state index in [0.717, 1.165) is 5.75 Å². The molecule has 1 N–H and O–H groups in total. The Morgan fingerprint density at radius 2 is 1.97 bits per heavy atom. The van der Waals surface area contributed by atoms with E-state index in [0.29, 0.717) is 33.7 Å². The Balaban J connectivity index is 1.76. The molecule has 0 aromatic heterocycles. The Hall–Kier alpha value is -3.46. The lowest BCUT2D eigenvalue weighted by atomic mass is 10.2. The molecule has 2 aromatic rings. The number of amidine groups is 1. The van der Waals surface area contributed by atoms with Crippen LogP contribution in [0.5, 0.6) is 17.2 Å². The van der Waals surface area contributed by atoms with Gasteiger partial charge in [-0.25, -0.2) is 4.99 Å². The van der Waals surface area contributed by atoms with E-state index in [1.165, 1.54) is 25.8 Å². The van der Waals surface area contributed by atoms with E-state index < -0.39 is 12.1 Å². The summed E-state index contributed by atoms with van der Waals surface area (Å²) in [6.07, 6.45) is 0.561. The first-order valence-electron chi connectivity index (χ1n) is 9.47. The molecule has 2 aromatic carbocycles. The number of nitrogens with zero attached hydrogens (tertiary/aromatic N) is 1. The molecule has 1 heterocycles. The van der Waals surface area contributed by atoms with E-state index in [-0.39, 0.29) is 11.7 Å². The molecule has 1 amide bonds. The van der Waals surface area contributed by atoms with Gasteiger partial charge in [0, 0.05) is 0 Å². The third kappa shape index (κ3) is 5.79. The van der Waals surface area contributed by atoms with Gasteiger partial charge in [0.15, 0.2) is 16.7 Å². The van der Waals surface area contributed by atoms with Gasteiger partial charge in [-0.2, -0.15) is 0 Å². The number of carbonyl (C=O) groups is 2. The number of rotatable bonds is 8. The van der Waals surface area contributed by atoms with Crippen LogP contribution in [0.15, 0.2) is 52.4 Å². The van der Waals surface area contributed by atoms with Crippen molar-refractivity contribution in [2.75, 3.05) is 13.7 Å². The molecule has 3 rings (SSSR count). The zero-order valence-electron chi connectivity index (χ0n) is 17.2. The van der Waals surface area contributed by atoms with Crippen LogP contribution in [-0.4, -0.2) is 36.9 Å². The van der Waals surface area contributed by atoms with Gasteiger partial charge < -0.3 is 29.4 Å². The fraction of sp³-hybridized carbons (Fsp3) is 0.227. The average Bonchev–Trinajstić information content (AvgIpc) is 3.09. The molecule has 1 aliphatic heterocycles. The van der Waals surface area contributed by atoms with Crippen molar-refractivity contribution >= 4 is 40.6 Å². The lowest BCUT2D eigenvalue weighted by Gasteiger charge is -2.17. The molecule has 0 bridgehead atoms. The molecule has 1 saturated heterocycles. The van der Waals surface area contributed by atoms with E-state index in [2.05, 4.69) is 10.3 Å². The summed E-state index contributed by atoms with van der Waals surface area (Å²) >= 11 is 1.22. The maximum atomic E-state index is 12.3. The molecule has 0 unspecified atom stereocenters. The predicted molar refractivity (Wildman–Crippen MR) is 117 cm³/mol. The van der Waals surface area contributed by atoms with Crippen molar-refractivity contribution in [2.45, 2.75) is 20.0 Å². The molecule has 1 aliphatic rings. The van der Waals surface area contributed by atoms with Crippen LogP contribution in [0, 0.1) is 0 Å². The highest BCUT2D eigenvalue weighted by Gasteiger charge is 2.24. The largest absolute Gasteiger partial charge is 0.546 e. The zero-order valence-corrected chi connectivity index (χ0v) is 18.0. The number of benzene rings is 2. The molecule has 31 heavy (non-hydrogen) atoms. The highest BCUT2D eigenvalue weighted by Crippen LogP contribution is 2.33. The van der Waals surface area contributed by atoms with Gasteiger partial charge in [-0.05, 0) is 73.6 Å². The summed E-state index contributed by atoms with van der Waals surface area (Å²) < 4.78 is 16.0. The number of aliphatic imine (C=N–C) groups is 1. The molecular formula is C22H21N2O6S-. The van der Waals surface area contributed by atoms with Crippen LogP contribution in [0.3, 0.4) is 0 Å². The van der Waals surface area contributed by atoms with E-state index in [9.17, 15) is 14.7 Å². The van der Waals surface area contributed by atoms with Gasteiger partial charge in [-0.3, -0.25) is 4.79 Å². The number of hydrogen-bond acceptors (Lipinski definition) is 8. The molecule has 0 radical (unpaired) electrons. The second-order valence-corrected chi connectivity index (χ2v) is 7.43. The first-order chi connectivity index (χ1) is 14.9. The fourth-order valence-corrected chi connectivity index (χ4v) is 3.48. The maximum Gasteiger partial charge on any atom is 0.264 e. The lowest BCUT2D eigenvalue weighted by Crippen LogP contribution is -2.37. The smallest absolute Gasteiger partial charge is 0.264 e. The standard InChI is InChI=1S/C22H22N2O6S/c1-4-29-16-8-6-15(7-9-16)23-22-24-20(25)19(31-22)12-14-5-10-17(18(11-14)28-3)30-13(2)21(26)27/h5-13H,4H2,1-3H3,(H,26,27)(H,23,24,25)/p-1/b19-12-/t13-/m1/s1. The predicted octanol–water partition coefficient (Wildman–Crippen LogP) is 2.50. The van der Waals surface area contributed by atoms with Gasteiger partial charge in [0.05, 0.1) is 30.3 Å². The second kappa shape index (κ2) is 10.0. The lowest BCUT2D eigenvalue weighted by molar-refractivity contribution is -0.312. The molecule has 0 saturated carbocycles. The number of carboxylic acids is 1. The number of hydrogen-bond donors (Lipinski definition) is 1. The van der Waals surface area contributed by atoms with Gasteiger partial charge in [0.25, 0.3) is 5.91 Å². The Bertz CT molecular complexity index is 1030. The van der Waals surface area contributed by atoms with Crippen molar-refractivity contribution in [3.05, 3.63) is 52.9 Å². The number of aliphatic carboxylic acids is 1. The summed E-state index contributed by atoms with van der Waals surface area (Å²) in [5.41, 5.74) is 1.38. The summed E-state index contributed by atoms with van der Waals surface area (Å²) in [5.74, 6) is -0.228. The molecule has 0 spiro atoms. The SMILES string of the molecule is CCOc1ccc(N=C2NC(=O)/C(=C/c3ccc(O[C@H](C)C(=O)[O-])c(OC)c3)S2)cc1. The van der Waals surface area contributed by atoms with Crippen molar-refractivity contribution < 1.29 is 28.9 Å². The second-order valence-electron chi connectivity index (χ2n) is 6.40. The van der Waals surface area contributed by atoms with Crippen molar-refractivity contribution in [1.29, 1.82) is 0 Å². The van der Waals surface area contributed by atoms with E-state index in [4.69, 9.17) is 14.2 Å². The van der Waals surface area contributed by atoms with Crippen LogP contribution in [0.4, 0.5) is 5.69 Å². The number of nitrogens with one attached hydrogen (secondary N) is 1. The van der Waals surface area contributed by atoms with Crippen LogP contribution >= 0.6 is 11.8 Å². The first kappa shape index (κ1) is 22.2. The minimum Gasteiger partial charge on any atom is -0.546 e. The molecular weight excluding hydrogens is 420 g/mol. The van der Waals surface area contributed by atoms with Crippen LogP contribution in [0.1, 0.15) is 19.4 Å². The van der Waals surface area contributed by atoms with Crippen LogP contribution in [0.25, 0.3) is 6.08 Å². The summed E-state index contributed by atoms with van der Waals surface area (Å²) in [5, 5.41) is 14.1. The van der Waals surface area contributed by atoms with E-state index >= 15 is 0 Å². The maximum absolute atomic E-state index is 12.3. The highest BCUT2D eigenvalue weighted by atomic mass is 32.2. The van der Waals surface area contributed by atoms with Crippen molar-refractivity contribution in [2.24, 2.45) is 4.99 Å². The molecule has 162 valence electrons. The average molecular weight is 441 g/mol. The quantitative estimate of drug-likeness (QED) is 0.627. The third-order valence-electron chi connectivity index (χ3n) is 4.15. The zero-order chi connectivity index (χ0) is 22.4. The van der Waals surface area contributed by atoms with Crippen molar-refractivity contribution in [3.8, 4) is 17.2 Å². The van der Waals surface area contributed by atoms with Crippen molar-refractivity contribution in [3.63, 3.8) is 0 Å². The number of carbonyl (C=O) groups excluding carboxylic acids is 2. The molecule has 8 nitrogen and oxygen atoms in total. The normalized spacial score (nSPS) is 16.8. The Morgan fingerprint density at radius 3 is 2.61 bits per heavy atom. The number of methoxy groups -OCH3 is 1. The van der Waals surface area contributed by atoms with Gasteiger partial charge >= 0.3 is 0 Å². The first-order valence-corrected chi connectivity index (χ1v) is 10.3. The van der Waals surface area contributed by atoms with Crippen LogP contribution in [0.2, 0.25) is 0 Å². The molecule has 0 aliphatic carbocycles. The Labute approximate surface area is 183 Å². The summed E-state index contributed by atoms with van der Waals surface area (Å²) in [7, 11) is 1.45. The van der Waals surface area contributed by atoms with Gasteiger partial charge in [0.1, 0.15) is 11.9 Å². The third-order valence-corrected chi connectivity index (χ3v) is 5.06. The number of carboxylic acid groups (broad SMARTS) is 1. The number of ether oxygens (including phenoxy) is 3. The van der Waals surface area contributed by atoms with Gasteiger partial charge in [-0.15, -0.1) is 0 Å². The minimum absolute atomic E-state index is 0.264. The monoisotopic (exact) mass is 441 g/mol. The van der Waals surface area contributed by atoms with Gasteiger partial charge in [-0.1, -0.05) is 6.07 Å². The van der Waals surface area contributed by atoms with Crippen molar-refractivity contribution in [1.82, 2.24) is 5.32 Å². The molecule has 9 heteroatoms. The molecule has 1 fully saturated rings. The summed E-state index contributed by atoms with van der Waals surface area (Å²) in [6, 6.07) is 12.2. The number of thioether (sulfide) groups is 1. The van der Waals surface area contributed by atoms with Crippen LogP contribution in [-0.2, 0) is 9.59 Å². The Kier molecular flexibility index (Phi) is 7.19. The fourth-order valence-electron chi connectivity index (χ4n) is 2.64. The summed E-state index contributed by atoms with van der Waals surface area (Å²) in [6.45, 7) is 3.87. The van der Waals surface area contributed by atoms with E-state index in [1.807, 2.05) is 31.2 Å². The number of amides is 1. The minimum atomic E-state index is -1.33. The topological polar surface area (TPSA) is 109 Å². The molecule has 1 atom stereocenters.